The van der Waals surface area contributed by atoms with Crippen LogP contribution in [0.1, 0.15) is 10.4 Å². The van der Waals surface area contributed by atoms with Crippen molar-refractivity contribution in [2.75, 3.05) is 10.7 Å². The highest BCUT2D eigenvalue weighted by molar-refractivity contribution is 9.10. The maximum absolute atomic E-state index is 12.1. The van der Waals surface area contributed by atoms with Crippen molar-refractivity contribution < 1.29 is 9.72 Å². The van der Waals surface area contributed by atoms with Gasteiger partial charge in [-0.1, -0.05) is 0 Å². The minimum atomic E-state index is -0.601. The molecule has 1 heterocycles. The maximum Gasteiger partial charge on any atom is 0.270 e. The van der Waals surface area contributed by atoms with Gasteiger partial charge in [0.2, 0.25) is 0 Å². The fourth-order valence-corrected chi connectivity index (χ4v) is 1.72. The second kappa shape index (κ2) is 6.24. The molecule has 0 saturated heterocycles. The van der Waals surface area contributed by atoms with Gasteiger partial charge in [0.1, 0.15) is 4.60 Å². The molecule has 10 heteroatoms. The number of hydrazine groups is 1. The lowest BCUT2D eigenvalue weighted by molar-refractivity contribution is -0.384. The summed E-state index contributed by atoms with van der Waals surface area (Å²) in [5, 5.41) is 13.2. The van der Waals surface area contributed by atoms with Gasteiger partial charge in [-0.05, 0) is 22.0 Å². The SMILES string of the molecule is NNc1ccc([N+](=O)[O-])cc1C(=O)Nc1cnc(Br)cn1. The highest BCUT2D eigenvalue weighted by Crippen LogP contribution is 2.22. The van der Waals surface area contributed by atoms with Gasteiger partial charge in [0, 0.05) is 12.1 Å². The highest BCUT2D eigenvalue weighted by Gasteiger charge is 2.17. The molecular formula is C11H9BrN6O3. The van der Waals surface area contributed by atoms with Crippen LogP contribution in [0.3, 0.4) is 0 Å². The first-order valence-corrected chi connectivity index (χ1v) is 6.34. The van der Waals surface area contributed by atoms with Crippen LogP contribution in [-0.2, 0) is 0 Å². The van der Waals surface area contributed by atoms with Crippen molar-refractivity contribution in [3.8, 4) is 0 Å². The van der Waals surface area contributed by atoms with Crippen LogP contribution < -0.4 is 16.6 Å². The van der Waals surface area contributed by atoms with Crippen LogP contribution in [-0.4, -0.2) is 20.8 Å². The van der Waals surface area contributed by atoms with E-state index in [4.69, 9.17) is 5.84 Å². The molecular weight excluding hydrogens is 344 g/mol. The number of amides is 1. The van der Waals surface area contributed by atoms with E-state index in [0.717, 1.165) is 6.07 Å². The van der Waals surface area contributed by atoms with Crippen molar-refractivity contribution in [3.63, 3.8) is 0 Å². The molecule has 0 saturated carbocycles. The van der Waals surface area contributed by atoms with Gasteiger partial charge in [0.25, 0.3) is 11.6 Å². The fraction of sp³-hybridized carbons (Fsp3) is 0. The zero-order valence-corrected chi connectivity index (χ0v) is 12.0. The van der Waals surface area contributed by atoms with Gasteiger partial charge in [-0.3, -0.25) is 20.8 Å². The topological polar surface area (TPSA) is 136 Å². The summed E-state index contributed by atoms with van der Waals surface area (Å²) in [5.41, 5.74) is 2.37. The number of anilines is 2. The summed E-state index contributed by atoms with van der Waals surface area (Å²) in [6.45, 7) is 0. The number of nitrogens with one attached hydrogen (secondary N) is 2. The molecule has 2 aromatic rings. The number of non-ortho nitro benzene ring substituents is 1. The predicted octanol–water partition coefficient (Wildman–Crippen LogP) is 1.69. The van der Waals surface area contributed by atoms with E-state index in [1.807, 2.05) is 0 Å². The van der Waals surface area contributed by atoms with Crippen molar-refractivity contribution in [3.05, 3.63) is 50.9 Å². The number of nitro benzene ring substituents is 1. The van der Waals surface area contributed by atoms with E-state index < -0.39 is 10.8 Å². The summed E-state index contributed by atoms with van der Waals surface area (Å²) >= 11 is 3.12. The molecule has 0 unspecified atom stereocenters. The monoisotopic (exact) mass is 352 g/mol. The third kappa shape index (κ3) is 3.49. The third-order valence-corrected chi connectivity index (χ3v) is 2.89. The molecule has 1 amide bonds. The van der Waals surface area contributed by atoms with E-state index in [0.29, 0.717) is 4.60 Å². The normalized spacial score (nSPS) is 10.0. The number of nitrogen functional groups attached to an aromatic ring is 1. The van der Waals surface area contributed by atoms with E-state index >= 15 is 0 Å². The van der Waals surface area contributed by atoms with Crippen molar-refractivity contribution in [1.29, 1.82) is 0 Å². The van der Waals surface area contributed by atoms with E-state index in [2.05, 4.69) is 36.6 Å². The second-order valence-electron chi connectivity index (χ2n) is 3.81. The Labute approximate surface area is 126 Å². The molecule has 0 radical (unpaired) electrons. The summed E-state index contributed by atoms with van der Waals surface area (Å²) < 4.78 is 0.514. The Morgan fingerprint density at radius 1 is 1.33 bits per heavy atom. The molecule has 0 atom stereocenters. The van der Waals surface area contributed by atoms with E-state index in [1.165, 1.54) is 24.5 Å². The molecule has 4 N–H and O–H groups in total. The number of carbonyl (C=O) groups excluding carboxylic acids is 1. The van der Waals surface area contributed by atoms with Crippen molar-refractivity contribution in [2.45, 2.75) is 0 Å². The number of nitrogens with two attached hydrogens (primary N) is 1. The Morgan fingerprint density at radius 3 is 2.67 bits per heavy atom. The molecule has 2 rings (SSSR count). The van der Waals surface area contributed by atoms with Crippen molar-refractivity contribution in [2.24, 2.45) is 5.84 Å². The van der Waals surface area contributed by atoms with Gasteiger partial charge in [-0.15, -0.1) is 0 Å². The summed E-state index contributed by atoms with van der Waals surface area (Å²) in [6, 6.07) is 3.71. The van der Waals surface area contributed by atoms with Gasteiger partial charge < -0.3 is 10.7 Å². The van der Waals surface area contributed by atoms with Crippen LogP contribution in [0.25, 0.3) is 0 Å². The first-order valence-electron chi connectivity index (χ1n) is 5.55. The summed E-state index contributed by atoms with van der Waals surface area (Å²) in [4.78, 5) is 30.1. The molecule has 1 aromatic heterocycles. The molecule has 0 bridgehead atoms. The molecule has 0 fully saturated rings. The van der Waals surface area contributed by atoms with Crippen LogP contribution in [0.15, 0.2) is 35.2 Å². The number of halogens is 1. The lowest BCUT2D eigenvalue weighted by Gasteiger charge is -2.09. The third-order valence-electron chi connectivity index (χ3n) is 2.48. The Kier molecular flexibility index (Phi) is 4.40. The smallest absolute Gasteiger partial charge is 0.270 e. The zero-order chi connectivity index (χ0) is 15.4. The second-order valence-corrected chi connectivity index (χ2v) is 4.62. The van der Waals surface area contributed by atoms with Crippen LogP contribution in [0.4, 0.5) is 17.2 Å². The van der Waals surface area contributed by atoms with E-state index in [-0.39, 0.29) is 22.8 Å². The Morgan fingerprint density at radius 2 is 2.10 bits per heavy atom. The Balaban J connectivity index is 2.30. The van der Waals surface area contributed by atoms with Crippen LogP contribution in [0.2, 0.25) is 0 Å². The first-order chi connectivity index (χ1) is 10.0. The summed E-state index contributed by atoms with van der Waals surface area (Å²) in [5.74, 6) is 4.91. The average molecular weight is 353 g/mol. The van der Waals surface area contributed by atoms with Crippen LogP contribution in [0, 0.1) is 10.1 Å². The average Bonchev–Trinajstić information content (AvgIpc) is 2.48. The van der Waals surface area contributed by atoms with Crippen LogP contribution in [0.5, 0.6) is 0 Å². The molecule has 0 spiro atoms. The lowest BCUT2D eigenvalue weighted by atomic mass is 10.1. The number of carbonyl (C=O) groups is 1. The van der Waals surface area contributed by atoms with Gasteiger partial charge in [0.05, 0.1) is 28.6 Å². The number of nitrogens with zero attached hydrogens (tertiary/aromatic N) is 3. The Bertz CT molecular complexity index is 691. The summed E-state index contributed by atoms with van der Waals surface area (Å²) in [7, 11) is 0. The number of hydrogen-bond acceptors (Lipinski definition) is 7. The molecule has 21 heavy (non-hydrogen) atoms. The van der Waals surface area contributed by atoms with Gasteiger partial charge in [-0.25, -0.2) is 9.97 Å². The molecule has 1 aromatic carbocycles. The molecule has 0 aliphatic rings. The summed E-state index contributed by atoms with van der Waals surface area (Å²) in [6.07, 6.45) is 2.75. The highest BCUT2D eigenvalue weighted by atomic mass is 79.9. The Hall–Kier alpha value is -2.59. The molecule has 0 aliphatic carbocycles. The number of rotatable bonds is 4. The zero-order valence-electron chi connectivity index (χ0n) is 10.4. The lowest BCUT2D eigenvalue weighted by Crippen LogP contribution is -2.18. The van der Waals surface area contributed by atoms with Gasteiger partial charge in [0.15, 0.2) is 5.82 Å². The largest absolute Gasteiger partial charge is 0.323 e. The first kappa shape index (κ1) is 14.8. The van der Waals surface area contributed by atoms with Gasteiger partial charge in [-0.2, -0.15) is 0 Å². The van der Waals surface area contributed by atoms with E-state index in [9.17, 15) is 14.9 Å². The minimum Gasteiger partial charge on any atom is -0.323 e. The van der Waals surface area contributed by atoms with Gasteiger partial charge >= 0.3 is 0 Å². The van der Waals surface area contributed by atoms with Crippen molar-refractivity contribution >= 4 is 39.0 Å². The molecule has 9 nitrogen and oxygen atoms in total. The van der Waals surface area contributed by atoms with Crippen molar-refractivity contribution in [1.82, 2.24) is 9.97 Å². The molecule has 0 aliphatic heterocycles. The maximum atomic E-state index is 12.1. The number of hydrogen-bond donors (Lipinski definition) is 3. The number of benzene rings is 1. The minimum absolute atomic E-state index is 0.0245. The molecule has 108 valence electrons. The fourth-order valence-electron chi connectivity index (χ4n) is 1.52. The van der Waals surface area contributed by atoms with Crippen LogP contribution >= 0.6 is 15.9 Å². The predicted molar refractivity (Wildman–Crippen MR) is 78.6 cm³/mol. The van der Waals surface area contributed by atoms with E-state index in [1.54, 1.807) is 0 Å². The standard InChI is InChI=1S/C11H9BrN6O3/c12-9-4-15-10(5-14-9)16-11(19)7-3-6(18(20)21)1-2-8(7)17-13/h1-5,17H,13H2,(H,15,16,19). The number of nitro groups is 1. The quantitative estimate of drug-likeness (QED) is 0.432. The number of aromatic nitrogens is 2.